The summed E-state index contributed by atoms with van der Waals surface area (Å²) in [6.07, 6.45) is 3.54. The van der Waals surface area contributed by atoms with Gasteiger partial charge in [0, 0.05) is 59.1 Å². The van der Waals surface area contributed by atoms with Crippen LogP contribution in [0.3, 0.4) is 0 Å². The third-order valence-electron chi connectivity index (χ3n) is 5.63. The maximum absolute atomic E-state index is 11.7. The normalized spacial score (nSPS) is 18.9. The van der Waals surface area contributed by atoms with Crippen molar-refractivity contribution in [1.29, 1.82) is 0 Å². The van der Waals surface area contributed by atoms with Gasteiger partial charge in [0.05, 0.1) is 13.0 Å². The van der Waals surface area contributed by atoms with E-state index in [0.717, 1.165) is 69.5 Å². The van der Waals surface area contributed by atoms with Crippen molar-refractivity contribution in [3.63, 3.8) is 0 Å². The van der Waals surface area contributed by atoms with Crippen LogP contribution in [-0.2, 0) is 16.1 Å². The van der Waals surface area contributed by atoms with Gasteiger partial charge in [-0.25, -0.2) is 4.98 Å². The number of likely N-dealkylation sites (tertiary alicyclic amines) is 1. The average molecular weight is 516 g/mol. The number of guanidine groups is 1. The van der Waals surface area contributed by atoms with Crippen molar-refractivity contribution < 1.29 is 9.53 Å². The predicted molar refractivity (Wildman–Crippen MR) is 126 cm³/mol. The number of rotatable bonds is 4. The molecule has 2 aliphatic heterocycles. The van der Waals surface area contributed by atoms with Crippen molar-refractivity contribution >= 4 is 41.7 Å². The van der Waals surface area contributed by atoms with E-state index in [0.29, 0.717) is 6.54 Å². The molecular formula is C20H33IN6O2. The molecule has 3 rings (SSSR count). The number of ether oxygens (including phenoxy) is 1. The molecule has 8 nitrogen and oxygen atoms in total. The van der Waals surface area contributed by atoms with Gasteiger partial charge < -0.3 is 24.8 Å². The summed E-state index contributed by atoms with van der Waals surface area (Å²) in [7, 11) is 5.41. The van der Waals surface area contributed by atoms with E-state index in [-0.39, 0.29) is 35.9 Å². The second-order valence-electron chi connectivity index (χ2n) is 7.50. The van der Waals surface area contributed by atoms with Gasteiger partial charge in [-0.15, -0.1) is 24.0 Å². The molecule has 0 bridgehead atoms. The van der Waals surface area contributed by atoms with Gasteiger partial charge in [0.25, 0.3) is 0 Å². The fourth-order valence-electron chi connectivity index (χ4n) is 3.75. The summed E-state index contributed by atoms with van der Waals surface area (Å²) in [5, 5.41) is 3.42. The van der Waals surface area contributed by atoms with Crippen molar-refractivity contribution in [3.05, 3.63) is 23.9 Å². The molecule has 2 fully saturated rings. The molecular weight excluding hydrogens is 483 g/mol. The van der Waals surface area contributed by atoms with Crippen molar-refractivity contribution in [1.82, 2.24) is 20.1 Å². The van der Waals surface area contributed by atoms with Gasteiger partial charge in [-0.05, 0) is 31.5 Å². The number of pyridine rings is 1. The Kier molecular flexibility index (Phi) is 9.41. The molecule has 162 valence electrons. The molecule has 2 aliphatic rings. The van der Waals surface area contributed by atoms with Crippen LogP contribution in [0.25, 0.3) is 0 Å². The molecule has 1 aromatic heterocycles. The number of aliphatic imine (C=N–C) groups is 1. The van der Waals surface area contributed by atoms with Crippen molar-refractivity contribution in [2.75, 3.05) is 65.4 Å². The monoisotopic (exact) mass is 516 g/mol. The van der Waals surface area contributed by atoms with E-state index in [2.05, 4.69) is 49.2 Å². The van der Waals surface area contributed by atoms with E-state index >= 15 is 0 Å². The summed E-state index contributed by atoms with van der Waals surface area (Å²) in [6, 6.07) is 4.23. The van der Waals surface area contributed by atoms with Gasteiger partial charge in [-0.2, -0.15) is 0 Å². The van der Waals surface area contributed by atoms with Crippen molar-refractivity contribution in [2.45, 2.75) is 19.4 Å². The zero-order valence-corrected chi connectivity index (χ0v) is 20.0. The Morgan fingerprint density at radius 3 is 2.45 bits per heavy atom. The first-order chi connectivity index (χ1) is 13.6. The molecule has 3 heterocycles. The Balaban J connectivity index is 0.00000300. The SMILES string of the molecule is CN=C(NCc1ccc(N2CCN(C)CC2)nc1)N1CCC(C(=O)OC)CC1.I. The maximum Gasteiger partial charge on any atom is 0.308 e. The first-order valence-electron chi connectivity index (χ1n) is 10.0. The zero-order chi connectivity index (χ0) is 19.9. The molecule has 0 radical (unpaired) electrons. The minimum atomic E-state index is -0.103. The number of esters is 1. The molecule has 0 unspecified atom stereocenters. The quantitative estimate of drug-likeness (QED) is 0.281. The predicted octanol–water partition coefficient (Wildman–Crippen LogP) is 1.41. The van der Waals surface area contributed by atoms with E-state index in [1.54, 1.807) is 7.05 Å². The summed E-state index contributed by atoms with van der Waals surface area (Å²) in [6.45, 7) is 6.49. The average Bonchev–Trinajstić information content (AvgIpc) is 2.75. The lowest BCUT2D eigenvalue weighted by Crippen LogP contribution is -2.46. The van der Waals surface area contributed by atoms with Gasteiger partial charge in [0.15, 0.2) is 5.96 Å². The number of nitrogens with one attached hydrogen (secondary N) is 1. The maximum atomic E-state index is 11.7. The molecule has 1 N–H and O–H groups in total. The van der Waals surface area contributed by atoms with Crippen LogP contribution in [0, 0.1) is 5.92 Å². The number of halogens is 1. The first-order valence-corrected chi connectivity index (χ1v) is 10.0. The van der Waals surface area contributed by atoms with Crippen LogP contribution in [0.4, 0.5) is 5.82 Å². The highest BCUT2D eigenvalue weighted by Crippen LogP contribution is 2.18. The summed E-state index contributed by atoms with van der Waals surface area (Å²) < 4.78 is 4.86. The number of hydrogen-bond acceptors (Lipinski definition) is 6. The molecule has 2 saturated heterocycles. The number of piperazine rings is 1. The molecule has 0 amide bonds. The van der Waals surface area contributed by atoms with E-state index in [1.165, 1.54) is 7.11 Å². The Morgan fingerprint density at radius 1 is 1.21 bits per heavy atom. The molecule has 1 aromatic rings. The number of aromatic nitrogens is 1. The summed E-state index contributed by atoms with van der Waals surface area (Å²) >= 11 is 0. The number of likely N-dealkylation sites (N-methyl/N-ethyl adjacent to an activating group) is 1. The summed E-state index contributed by atoms with van der Waals surface area (Å²) in [5.74, 6) is 1.82. The second-order valence-corrected chi connectivity index (χ2v) is 7.50. The van der Waals surface area contributed by atoms with Gasteiger partial charge in [0.2, 0.25) is 0 Å². The number of methoxy groups -OCH3 is 1. The van der Waals surface area contributed by atoms with Crippen LogP contribution in [-0.4, -0.2) is 87.2 Å². The highest BCUT2D eigenvalue weighted by atomic mass is 127. The lowest BCUT2D eigenvalue weighted by molar-refractivity contribution is -0.146. The molecule has 0 spiro atoms. The lowest BCUT2D eigenvalue weighted by Gasteiger charge is -2.33. The Labute approximate surface area is 190 Å². The fraction of sp³-hybridized carbons (Fsp3) is 0.650. The van der Waals surface area contributed by atoms with E-state index in [9.17, 15) is 4.79 Å². The van der Waals surface area contributed by atoms with Gasteiger partial charge in [-0.1, -0.05) is 6.07 Å². The summed E-state index contributed by atoms with van der Waals surface area (Å²) in [5.41, 5.74) is 1.13. The highest BCUT2D eigenvalue weighted by molar-refractivity contribution is 14.0. The third-order valence-corrected chi connectivity index (χ3v) is 5.63. The third kappa shape index (κ3) is 6.43. The molecule has 29 heavy (non-hydrogen) atoms. The highest BCUT2D eigenvalue weighted by Gasteiger charge is 2.26. The number of carbonyl (C=O) groups excluding carboxylic acids is 1. The smallest absolute Gasteiger partial charge is 0.308 e. The number of piperidine rings is 1. The standard InChI is InChI=1S/C20H32N6O2.HI/c1-21-20(26-8-6-17(7-9-26)19(27)28-3)23-15-16-4-5-18(22-14-16)25-12-10-24(2)11-13-25;/h4-5,14,17H,6-13,15H2,1-3H3,(H,21,23);1H. The van der Waals surface area contributed by atoms with Crippen LogP contribution < -0.4 is 10.2 Å². The van der Waals surface area contributed by atoms with E-state index in [1.807, 2.05) is 6.20 Å². The Hall–Kier alpha value is -1.62. The second kappa shape index (κ2) is 11.5. The Bertz CT molecular complexity index is 668. The number of nitrogens with zero attached hydrogens (tertiary/aromatic N) is 5. The number of carbonyl (C=O) groups is 1. The van der Waals surface area contributed by atoms with Gasteiger partial charge in [-0.3, -0.25) is 9.79 Å². The number of anilines is 1. The summed E-state index contributed by atoms with van der Waals surface area (Å²) in [4.78, 5) is 27.6. The topological polar surface area (TPSA) is 73.3 Å². The molecule has 0 saturated carbocycles. The molecule has 9 heteroatoms. The van der Waals surface area contributed by atoms with Gasteiger partial charge >= 0.3 is 5.97 Å². The lowest BCUT2D eigenvalue weighted by atomic mass is 9.97. The molecule has 0 aromatic carbocycles. The van der Waals surface area contributed by atoms with Crippen LogP contribution in [0.15, 0.2) is 23.3 Å². The molecule has 0 atom stereocenters. The van der Waals surface area contributed by atoms with Crippen molar-refractivity contribution in [2.24, 2.45) is 10.9 Å². The largest absolute Gasteiger partial charge is 0.469 e. The van der Waals surface area contributed by atoms with E-state index < -0.39 is 0 Å². The molecule has 0 aliphatic carbocycles. The van der Waals surface area contributed by atoms with Crippen molar-refractivity contribution in [3.8, 4) is 0 Å². The zero-order valence-electron chi connectivity index (χ0n) is 17.6. The minimum absolute atomic E-state index is 0. The van der Waals surface area contributed by atoms with E-state index in [4.69, 9.17) is 4.74 Å². The Morgan fingerprint density at radius 2 is 1.90 bits per heavy atom. The van der Waals surface area contributed by atoms with Crippen LogP contribution in [0.2, 0.25) is 0 Å². The van der Waals surface area contributed by atoms with Crippen LogP contribution in [0.5, 0.6) is 0 Å². The van der Waals surface area contributed by atoms with Crippen LogP contribution >= 0.6 is 24.0 Å². The first kappa shape index (κ1) is 23.7. The van der Waals surface area contributed by atoms with Gasteiger partial charge in [0.1, 0.15) is 5.82 Å². The minimum Gasteiger partial charge on any atom is -0.469 e. The fourth-order valence-corrected chi connectivity index (χ4v) is 3.75. The van der Waals surface area contributed by atoms with Crippen LogP contribution in [0.1, 0.15) is 18.4 Å². The number of hydrogen-bond donors (Lipinski definition) is 1.